The van der Waals surface area contributed by atoms with Gasteiger partial charge in [0.2, 0.25) is 0 Å². The van der Waals surface area contributed by atoms with Gasteiger partial charge < -0.3 is 5.32 Å². The van der Waals surface area contributed by atoms with Crippen molar-refractivity contribution in [2.75, 3.05) is 5.32 Å². The molecule has 1 N–H and O–H groups in total. The summed E-state index contributed by atoms with van der Waals surface area (Å²) >= 11 is 0. The van der Waals surface area contributed by atoms with E-state index >= 15 is 0 Å². The summed E-state index contributed by atoms with van der Waals surface area (Å²) in [6.07, 6.45) is 4.90. The minimum atomic E-state index is -0.294. The Bertz CT molecular complexity index is 597. The zero-order chi connectivity index (χ0) is 13.7. The fourth-order valence-corrected chi connectivity index (χ4v) is 1.66. The van der Waals surface area contributed by atoms with Crippen LogP contribution in [0.3, 0.4) is 0 Å². The summed E-state index contributed by atoms with van der Waals surface area (Å²) in [4.78, 5) is 31.3. The Morgan fingerprint density at radius 3 is 2.68 bits per heavy atom. The maximum absolute atomic E-state index is 12.1. The highest BCUT2D eigenvalue weighted by molar-refractivity contribution is 6.05. The van der Waals surface area contributed by atoms with Gasteiger partial charge in [0.15, 0.2) is 0 Å². The predicted molar refractivity (Wildman–Crippen MR) is 70.8 cm³/mol. The van der Waals surface area contributed by atoms with Gasteiger partial charge in [-0.3, -0.25) is 19.6 Å². The number of nitrogens with one attached hydrogen (secondary N) is 1. The van der Waals surface area contributed by atoms with Crippen LogP contribution in [0.1, 0.15) is 23.0 Å². The van der Waals surface area contributed by atoms with E-state index in [4.69, 9.17) is 0 Å². The molecular formula is C14H13N3O2. The smallest absolute Gasteiger partial charge is 0.257 e. The number of amides is 1. The molecule has 96 valence electrons. The van der Waals surface area contributed by atoms with Gasteiger partial charge in [-0.1, -0.05) is 0 Å². The number of nitrogens with zero attached hydrogens (tertiary/aromatic N) is 2. The number of rotatable bonds is 4. The SMILES string of the molecule is CC(=O)Cc1ncccc1C(=O)Nc1cccnc1. The molecule has 5 heteroatoms. The number of carbonyl (C=O) groups excluding carboxylic acids is 2. The van der Waals surface area contributed by atoms with Crippen LogP contribution < -0.4 is 5.32 Å². The molecular weight excluding hydrogens is 242 g/mol. The molecule has 0 aliphatic heterocycles. The van der Waals surface area contributed by atoms with Gasteiger partial charge in [-0.25, -0.2) is 0 Å². The summed E-state index contributed by atoms with van der Waals surface area (Å²) in [5.41, 5.74) is 1.49. The van der Waals surface area contributed by atoms with Crippen LogP contribution in [-0.2, 0) is 11.2 Å². The van der Waals surface area contributed by atoms with E-state index < -0.39 is 0 Å². The molecule has 0 atom stereocenters. The molecule has 0 radical (unpaired) electrons. The first-order chi connectivity index (χ1) is 9.16. The van der Waals surface area contributed by atoms with Gasteiger partial charge >= 0.3 is 0 Å². The second kappa shape index (κ2) is 5.86. The van der Waals surface area contributed by atoms with E-state index in [0.29, 0.717) is 16.9 Å². The fourth-order valence-electron chi connectivity index (χ4n) is 1.66. The first kappa shape index (κ1) is 12.9. The Kier molecular flexibility index (Phi) is 3.97. The molecule has 2 aromatic rings. The number of carbonyl (C=O) groups is 2. The lowest BCUT2D eigenvalue weighted by Gasteiger charge is -2.07. The van der Waals surface area contributed by atoms with Crippen molar-refractivity contribution in [1.82, 2.24) is 9.97 Å². The van der Waals surface area contributed by atoms with Crippen LogP contribution in [0.25, 0.3) is 0 Å². The maximum atomic E-state index is 12.1. The van der Waals surface area contributed by atoms with E-state index in [0.717, 1.165) is 0 Å². The molecule has 0 bridgehead atoms. The quantitative estimate of drug-likeness (QED) is 0.905. The van der Waals surface area contributed by atoms with E-state index in [1.165, 1.54) is 6.92 Å². The third-order valence-corrected chi connectivity index (χ3v) is 2.47. The molecule has 0 aliphatic carbocycles. The van der Waals surface area contributed by atoms with Gasteiger partial charge in [-0.05, 0) is 31.2 Å². The van der Waals surface area contributed by atoms with Crippen LogP contribution in [0.4, 0.5) is 5.69 Å². The van der Waals surface area contributed by atoms with Gasteiger partial charge in [-0.15, -0.1) is 0 Å². The zero-order valence-electron chi connectivity index (χ0n) is 10.5. The molecule has 1 amide bonds. The molecule has 2 rings (SSSR count). The van der Waals surface area contributed by atoms with Crippen LogP contribution in [-0.4, -0.2) is 21.7 Å². The third-order valence-electron chi connectivity index (χ3n) is 2.47. The molecule has 0 aliphatic rings. The lowest BCUT2D eigenvalue weighted by atomic mass is 10.1. The molecule has 0 spiro atoms. The molecule has 19 heavy (non-hydrogen) atoms. The summed E-state index contributed by atoms with van der Waals surface area (Å²) in [5.74, 6) is -0.327. The number of pyridine rings is 2. The Balaban J connectivity index is 2.21. The second-order valence-corrected chi connectivity index (χ2v) is 4.07. The highest BCUT2D eigenvalue weighted by Crippen LogP contribution is 2.11. The van der Waals surface area contributed by atoms with Gasteiger partial charge in [0.25, 0.3) is 5.91 Å². The molecule has 2 aromatic heterocycles. The number of ketones is 1. The summed E-state index contributed by atoms with van der Waals surface area (Å²) in [5, 5.41) is 2.72. The Morgan fingerprint density at radius 2 is 2.00 bits per heavy atom. The van der Waals surface area contributed by atoms with E-state index in [2.05, 4.69) is 15.3 Å². The fraction of sp³-hybridized carbons (Fsp3) is 0.143. The molecule has 5 nitrogen and oxygen atoms in total. The number of Topliss-reactive ketones (excluding diaryl/α,β-unsaturated/α-hetero) is 1. The molecule has 0 fully saturated rings. The maximum Gasteiger partial charge on any atom is 0.257 e. The number of hydrogen-bond acceptors (Lipinski definition) is 4. The van der Waals surface area contributed by atoms with Crippen molar-refractivity contribution in [2.45, 2.75) is 13.3 Å². The van der Waals surface area contributed by atoms with Gasteiger partial charge in [-0.2, -0.15) is 0 Å². The van der Waals surface area contributed by atoms with E-state index in [9.17, 15) is 9.59 Å². The summed E-state index contributed by atoms with van der Waals surface area (Å²) in [6.45, 7) is 1.47. The third kappa shape index (κ3) is 3.45. The minimum Gasteiger partial charge on any atom is -0.321 e. The zero-order valence-corrected chi connectivity index (χ0v) is 10.5. The topological polar surface area (TPSA) is 72.0 Å². The van der Waals surface area contributed by atoms with Crippen LogP contribution >= 0.6 is 0 Å². The minimum absolute atomic E-state index is 0.0332. The molecule has 0 unspecified atom stereocenters. The molecule has 2 heterocycles. The van der Waals surface area contributed by atoms with Crippen molar-refractivity contribution in [2.24, 2.45) is 0 Å². The van der Waals surface area contributed by atoms with Crippen molar-refractivity contribution in [1.29, 1.82) is 0 Å². The first-order valence-corrected chi connectivity index (χ1v) is 5.81. The highest BCUT2D eigenvalue weighted by Gasteiger charge is 2.13. The summed E-state index contributed by atoms with van der Waals surface area (Å²) in [7, 11) is 0. The van der Waals surface area contributed by atoms with Crippen LogP contribution in [0, 0.1) is 0 Å². The van der Waals surface area contributed by atoms with Crippen molar-refractivity contribution >= 4 is 17.4 Å². The number of hydrogen-bond donors (Lipinski definition) is 1. The van der Waals surface area contributed by atoms with Gasteiger partial charge in [0.1, 0.15) is 5.78 Å². The second-order valence-electron chi connectivity index (χ2n) is 4.07. The van der Waals surface area contributed by atoms with Gasteiger partial charge in [0.05, 0.1) is 23.1 Å². The molecule has 0 saturated carbocycles. The summed E-state index contributed by atoms with van der Waals surface area (Å²) in [6, 6.07) is 6.79. The predicted octanol–water partition coefficient (Wildman–Crippen LogP) is 1.86. The Morgan fingerprint density at radius 1 is 1.21 bits per heavy atom. The standard InChI is InChI=1S/C14H13N3O2/c1-10(18)8-13-12(5-3-7-16-13)14(19)17-11-4-2-6-15-9-11/h2-7,9H,8H2,1H3,(H,17,19). The van der Waals surface area contributed by atoms with Crippen LogP contribution in [0.15, 0.2) is 42.9 Å². The largest absolute Gasteiger partial charge is 0.321 e. The Hall–Kier alpha value is -2.56. The van der Waals surface area contributed by atoms with Gasteiger partial charge in [0, 0.05) is 18.8 Å². The average Bonchev–Trinajstić information content (AvgIpc) is 2.39. The number of anilines is 1. The summed E-state index contributed by atoms with van der Waals surface area (Å²) < 4.78 is 0. The Labute approximate surface area is 110 Å². The van der Waals surface area contributed by atoms with Crippen molar-refractivity contribution < 1.29 is 9.59 Å². The first-order valence-electron chi connectivity index (χ1n) is 5.81. The van der Waals surface area contributed by atoms with E-state index in [1.807, 2.05) is 0 Å². The van der Waals surface area contributed by atoms with Crippen LogP contribution in [0.5, 0.6) is 0 Å². The lowest BCUT2D eigenvalue weighted by molar-refractivity contribution is -0.116. The normalized spacial score (nSPS) is 9.95. The van der Waals surface area contributed by atoms with Crippen molar-refractivity contribution in [3.63, 3.8) is 0 Å². The van der Waals surface area contributed by atoms with Crippen LogP contribution in [0.2, 0.25) is 0 Å². The molecule has 0 aromatic carbocycles. The lowest BCUT2D eigenvalue weighted by Crippen LogP contribution is -2.16. The average molecular weight is 255 g/mol. The van der Waals surface area contributed by atoms with E-state index in [1.54, 1.807) is 42.9 Å². The van der Waals surface area contributed by atoms with E-state index in [-0.39, 0.29) is 18.1 Å². The van der Waals surface area contributed by atoms with Crippen molar-refractivity contribution in [3.05, 3.63) is 54.1 Å². The van der Waals surface area contributed by atoms with Crippen molar-refractivity contribution in [3.8, 4) is 0 Å². The highest BCUT2D eigenvalue weighted by atomic mass is 16.1. The monoisotopic (exact) mass is 255 g/mol. The molecule has 0 saturated heterocycles. The number of aromatic nitrogens is 2.